The van der Waals surface area contributed by atoms with Crippen LogP contribution in [0.5, 0.6) is 0 Å². The second-order valence-corrected chi connectivity index (χ2v) is 3.19. The van der Waals surface area contributed by atoms with Crippen molar-refractivity contribution in [3.8, 4) is 6.07 Å². The monoisotopic (exact) mass is 203 g/mol. The van der Waals surface area contributed by atoms with Gasteiger partial charge in [0.2, 0.25) is 0 Å². The van der Waals surface area contributed by atoms with E-state index in [2.05, 4.69) is 4.98 Å². The third-order valence-corrected chi connectivity index (χ3v) is 1.80. The minimum atomic E-state index is 0.542. The van der Waals surface area contributed by atoms with Crippen LogP contribution in [0.25, 0.3) is 0 Å². The van der Waals surface area contributed by atoms with Crippen molar-refractivity contribution in [1.29, 1.82) is 5.26 Å². The standard InChI is InChI=1S/C10H13N5/c1-7(12)6-15(13)10-4-3-9(5-11)8(2)14-10/h3-4,6H,12-13H2,1-2H3/b7-6-. The van der Waals surface area contributed by atoms with Crippen molar-refractivity contribution in [2.45, 2.75) is 13.8 Å². The zero-order valence-corrected chi connectivity index (χ0v) is 8.73. The molecule has 5 heteroatoms. The summed E-state index contributed by atoms with van der Waals surface area (Å²) in [6.45, 7) is 3.49. The van der Waals surface area contributed by atoms with Crippen molar-refractivity contribution in [3.63, 3.8) is 0 Å². The van der Waals surface area contributed by atoms with Crippen molar-refractivity contribution in [1.82, 2.24) is 4.98 Å². The molecule has 1 rings (SSSR count). The molecule has 1 aromatic rings. The van der Waals surface area contributed by atoms with Gasteiger partial charge in [0.1, 0.15) is 11.9 Å². The van der Waals surface area contributed by atoms with Crippen LogP contribution in [0.2, 0.25) is 0 Å². The lowest BCUT2D eigenvalue weighted by Gasteiger charge is -2.13. The van der Waals surface area contributed by atoms with Crippen LogP contribution < -0.4 is 16.6 Å². The fourth-order valence-corrected chi connectivity index (χ4v) is 1.10. The number of hydrogen-bond donors (Lipinski definition) is 2. The van der Waals surface area contributed by atoms with Crippen molar-refractivity contribution in [2.24, 2.45) is 11.6 Å². The number of pyridine rings is 1. The molecule has 1 aromatic heterocycles. The van der Waals surface area contributed by atoms with Gasteiger partial charge in [-0.2, -0.15) is 5.26 Å². The first-order valence-electron chi connectivity index (χ1n) is 4.40. The lowest BCUT2D eigenvalue weighted by molar-refractivity contribution is 0.992. The summed E-state index contributed by atoms with van der Waals surface area (Å²) in [5, 5.41) is 10.0. The van der Waals surface area contributed by atoms with Gasteiger partial charge in [0.15, 0.2) is 0 Å². The van der Waals surface area contributed by atoms with E-state index in [9.17, 15) is 0 Å². The number of aromatic nitrogens is 1. The van der Waals surface area contributed by atoms with Crippen LogP contribution >= 0.6 is 0 Å². The summed E-state index contributed by atoms with van der Waals surface area (Å²) >= 11 is 0. The van der Waals surface area contributed by atoms with Crippen molar-refractivity contribution in [3.05, 3.63) is 35.3 Å². The Morgan fingerprint density at radius 1 is 1.60 bits per heavy atom. The maximum Gasteiger partial charge on any atom is 0.147 e. The number of nitriles is 1. The first-order chi connectivity index (χ1) is 7.04. The third kappa shape index (κ3) is 2.69. The van der Waals surface area contributed by atoms with E-state index in [1.807, 2.05) is 6.07 Å². The molecule has 0 atom stereocenters. The Labute approximate surface area is 88.6 Å². The molecule has 1 heterocycles. The summed E-state index contributed by atoms with van der Waals surface area (Å²) in [4.78, 5) is 4.18. The Kier molecular flexibility index (Phi) is 3.26. The van der Waals surface area contributed by atoms with Crippen molar-refractivity contribution >= 4 is 5.82 Å². The summed E-state index contributed by atoms with van der Waals surface area (Å²) in [6.07, 6.45) is 1.56. The SMILES string of the molecule is C/C(N)=C/N(N)c1ccc(C#N)c(C)n1. The average molecular weight is 203 g/mol. The highest BCUT2D eigenvalue weighted by atomic mass is 15.4. The highest BCUT2D eigenvalue weighted by Crippen LogP contribution is 2.12. The van der Waals surface area contributed by atoms with E-state index in [0.717, 1.165) is 0 Å². The molecule has 15 heavy (non-hydrogen) atoms. The number of nitrogens with two attached hydrogens (primary N) is 2. The summed E-state index contributed by atoms with van der Waals surface area (Å²) in [6, 6.07) is 5.39. The number of allylic oxidation sites excluding steroid dienone is 1. The molecule has 0 fully saturated rings. The maximum absolute atomic E-state index is 8.73. The molecule has 0 saturated carbocycles. The second kappa shape index (κ2) is 4.44. The van der Waals surface area contributed by atoms with Gasteiger partial charge in [-0.3, -0.25) is 5.01 Å². The summed E-state index contributed by atoms with van der Waals surface area (Å²) < 4.78 is 0. The largest absolute Gasteiger partial charge is 0.401 e. The predicted octanol–water partition coefficient (Wildman–Crippen LogP) is 0.762. The number of aryl methyl sites for hydroxylation is 1. The van der Waals surface area contributed by atoms with Gasteiger partial charge in [-0.15, -0.1) is 0 Å². The Bertz CT molecular complexity index is 426. The average Bonchev–Trinajstić information content (AvgIpc) is 2.16. The topological polar surface area (TPSA) is 92.0 Å². The Morgan fingerprint density at radius 3 is 2.73 bits per heavy atom. The summed E-state index contributed by atoms with van der Waals surface area (Å²) in [5.74, 6) is 6.24. The van der Waals surface area contributed by atoms with Crippen LogP contribution in [0.1, 0.15) is 18.2 Å². The van der Waals surface area contributed by atoms with E-state index in [1.54, 1.807) is 32.2 Å². The Balaban J connectivity index is 3.04. The molecule has 0 aliphatic carbocycles. The zero-order chi connectivity index (χ0) is 11.4. The fourth-order valence-electron chi connectivity index (χ4n) is 1.10. The Morgan fingerprint density at radius 2 is 2.27 bits per heavy atom. The van der Waals surface area contributed by atoms with Gasteiger partial charge in [0, 0.05) is 11.9 Å². The van der Waals surface area contributed by atoms with Crippen LogP contribution in [0.4, 0.5) is 5.82 Å². The van der Waals surface area contributed by atoms with E-state index >= 15 is 0 Å². The molecule has 0 aliphatic heterocycles. The van der Waals surface area contributed by atoms with Crippen molar-refractivity contribution in [2.75, 3.05) is 5.01 Å². The fraction of sp³-hybridized carbons (Fsp3) is 0.200. The first kappa shape index (κ1) is 11.0. The van der Waals surface area contributed by atoms with Crippen LogP contribution in [-0.2, 0) is 0 Å². The smallest absolute Gasteiger partial charge is 0.147 e. The normalized spacial score (nSPS) is 10.9. The highest BCUT2D eigenvalue weighted by molar-refractivity contribution is 5.46. The molecular weight excluding hydrogens is 190 g/mol. The zero-order valence-electron chi connectivity index (χ0n) is 8.73. The minimum Gasteiger partial charge on any atom is -0.401 e. The van der Waals surface area contributed by atoms with E-state index in [1.165, 1.54) is 5.01 Å². The third-order valence-electron chi connectivity index (χ3n) is 1.80. The van der Waals surface area contributed by atoms with Crippen LogP contribution in [0.3, 0.4) is 0 Å². The minimum absolute atomic E-state index is 0.542. The van der Waals surface area contributed by atoms with Gasteiger partial charge in [-0.05, 0) is 26.0 Å². The number of hydrogen-bond acceptors (Lipinski definition) is 5. The molecule has 4 N–H and O–H groups in total. The predicted molar refractivity (Wildman–Crippen MR) is 58.3 cm³/mol. The number of anilines is 1. The molecule has 0 saturated heterocycles. The van der Waals surface area contributed by atoms with Crippen molar-refractivity contribution < 1.29 is 0 Å². The van der Waals surface area contributed by atoms with E-state index in [4.69, 9.17) is 16.8 Å². The molecule has 0 bridgehead atoms. The Hall–Kier alpha value is -2.06. The number of nitrogens with zero attached hydrogens (tertiary/aromatic N) is 3. The van der Waals surface area contributed by atoms with E-state index < -0.39 is 0 Å². The molecule has 78 valence electrons. The lowest BCUT2D eigenvalue weighted by Crippen LogP contribution is -2.26. The lowest BCUT2D eigenvalue weighted by atomic mass is 10.2. The molecule has 0 spiro atoms. The van der Waals surface area contributed by atoms with Gasteiger partial charge in [0.25, 0.3) is 0 Å². The van der Waals surface area contributed by atoms with Crippen LogP contribution in [0.15, 0.2) is 24.0 Å². The first-order valence-corrected chi connectivity index (χ1v) is 4.40. The molecule has 0 aliphatic rings. The van der Waals surface area contributed by atoms with E-state index in [0.29, 0.717) is 22.8 Å². The summed E-state index contributed by atoms with van der Waals surface area (Å²) in [7, 11) is 0. The summed E-state index contributed by atoms with van der Waals surface area (Å²) in [5.41, 5.74) is 7.26. The van der Waals surface area contributed by atoms with Crippen LogP contribution in [-0.4, -0.2) is 4.98 Å². The number of hydrazine groups is 1. The molecule has 0 radical (unpaired) electrons. The van der Waals surface area contributed by atoms with Gasteiger partial charge in [-0.1, -0.05) is 0 Å². The van der Waals surface area contributed by atoms with Gasteiger partial charge >= 0.3 is 0 Å². The molecule has 0 amide bonds. The molecular formula is C10H13N5. The highest BCUT2D eigenvalue weighted by Gasteiger charge is 2.03. The van der Waals surface area contributed by atoms with Gasteiger partial charge in [-0.25, -0.2) is 10.8 Å². The quantitative estimate of drug-likeness (QED) is 0.547. The maximum atomic E-state index is 8.73. The van der Waals surface area contributed by atoms with Crippen LogP contribution in [0, 0.1) is 18.3 Å². The molecule has 0 aromatic carbocycles. The second-order valence-electron chi connectivity index (χ2n) is 3.19. The number of rotatable bonds is 2. The molecule has 0 unspecified atom stereocenters. The van der Waals surface area contributed by atoms with Gasteiger partial charge < -0.3 is 5.73 Å². The van der Waals surface area contributed by atoms with Gasteiger partial charge in [0.05, 0.1) is 11.3 Å². The van der Waals surface area contributed by atoms with E-state index in [-0.39, 0.29) is 0 Å². The molecule has 5 nitrogen and oxygen atoms in total.